The third-order valence-electron chi connectivity index (χ3n) is 5.02. The number of carbonyl (C=O) groups is 1. The molecule has 0 unspecified atom stereocenters. The molecule has 2 aromatic heterocycles. The monoisotopic (exact) mass is 570 g/mol. The van der Waals surface area contributed by atoms with Gasteiger partial charge in [0.05, 0.1) is 29.9 Å². The molecule has 0 saturated heterocycles. The zero-order valence-corrected chi connectivity index (χ0v) is 21.9. The smallest absolute Gasteiger partial charge is 0.475 e. The normalized spacial score (nSPS) is 11.7. The molecule has 0 fully saturated rings. The maximum atomic E-state index is 13.4. The summed E-state index contributed by atoms with van der Waals surface area (Å²) in [5, 5.41) is 14.8. The number of hydrogen-bond donors (Lipinski definition) is 3. The summed E-state index contributed by atoms with van der Waals surface area (Å²) in [7, 11) is -3.77. The molecule has 0 aliphatic rings. The molecule has 0 aliphatic carbocycles. The molecule has 4 rings (SSSR count). The second kappa shape index (κ2) is 10.9. The highest BCUT2D eigenvalue weighted by molar-refractivity contribution is 8.01. The minimum atomic E-state index is -5.08. The summed E-state index contributed by atoms with van der Waals surface area (Å²) in [4.78, 5) is 14.5. The van der Waals surface area contributed by atoms with Gasteiger partial charge in [-0.05, 0) is 43.5 Å². The zero-order chi connectivity index (χ0) is 27.5. The van der Waals surface area contributed by atoms with E-state index in [1.807, 2.05) is 43.5 Å². The number of fused-ring (bicyclic) bond motifs is 1. The Kier molecular flexibility index (Phi) is 8.35. The molecular formula is C23H21F3N4O4S3. The van der Waals surface area contributed by atoms with Crippen LogP contribution in [0.2, 0.25) is 0 Å². The van der Waals surface area contributed by atoms with Crippen LogP contribution in [0.15, 0.2) is 68.6 Å². The lowest BCUT2D eigenvalue weighted by Gasteiger charge is -2.09. The number of aliphatic carboxylic acids is 1. The number of nitrogens with zero attached hydrogens (tertiary/aromatic N) is 2. The van der Waals surface area contributed by atoms with E-state index in [9.17, 15) is 21.6 Å². The number of aromatic nitrogens is 2. The topological polar surface area (TPSA) is 139 Å². The molecule has 8 nitrogen and oxygen atoms in total. The van der Waals surface area contributed by atoms with Crippen LogP contribution >= 0.6 is 23.1 Å². The number of alkyl halides is 3. The van der Waals surface area contributed by atoms with E-state index in [1.165, 1.54) is 29.2 Å². The lowest BCUT2D eigenvalue weighted by molar-refractivity contribution is -0.192. The molecule has 0 bridgehead atoms. The van der Waals surface area contributed by atoms with Crippen molar-refractivity contribution in [3.63, 3.8) is 0 Å². The molecule has 37 heavy (non-hydrogen) atoms. The van der Waals surface area contributed by atoms with Crippen LogP contribution in [-0.2, 0) is 21.2 Å². The van der Waals surface area contributed by atoms with Crippen LogP contribution in [-0.4, -0.2) is 47.3 Å². The SMILES string of the molecule is CCn1c(-c2cccc(S(=O)(=O)c3cc(C(=N)N)sc3SC)c2)nc2ccccc21.O=C(O)C(F)(F)F. The summed E-state index contributed by atoms with van der Waals surface area (Å²) in [6.45, 7) is 2.76. The van der Waals surface area contributed by atoms with E-state index in [1.54, 1.807) is 18.2 Å². The number of nitrogens with two attached hydrogens (primary N) is 1. The van der Waals surface area contributed by atoms with Crippen molar-refractivity contribution >= 4 is 55.8 Å². The van der Waals surface area contributed by atoms with Crippen molar-refractivity contribution in [2.24, 2.45) is 5.73 Å². The fourth-order valence-electron chi connectivity index (χ4n) is 3.37. The minimum Gasteiger partial charge on any atom is -0.475 e. The number of thioether (sulfide) groups is 1. The molecule has 0 aliphatic heterocycles. The number of benzene rings is 2. The van der Waals surface area contributed by atoms with Crippen LogP contribution in [0.25, 0.3) is 22.4 Å². The van der Waals surface area contributed by atoms with Gasteiger partial charge in [-0.3, -0.25) is 5.41 Å². The van der Waals surface area contributed by atoms with Gasteiger partial charge in [0.15, 0.2) is 0 Å². The van der Waals surface area contributed by atoms with Crippen molar-refractivity contribution in [3.8, 4) is 11.4 Å². The Morgan fingerprint density at radius 2 is 1.84 bits per heavy atom. The minimum absolute atomic E-state index is 0.137. The van der Waals surface area contributed by atoms with Gasteiger partial charge in [-0.25, -0.2) is 18.2 Å². The number of nitrogen functional groups attached to an aromatic ring is 1. The third kappa shape index (κ3) is 5.97. The first-order valence-electron chi connectivity index (χ1n) is 10.4. The quantitative estimate of drug-likeness (QED) is 0.163. The molecule has 0 radical (unpaired) electrons. The molecule has 0 atom stereocenters. The van der Waals surface area contributed by atoms with Crippen LogP contribution in [0.5, 0.6) is 0 Å². The van der Waals surface area contributed by atoms with Crippen molar-refractivity contribution in [2.45, 2.75) is 33.6 Å². The second-order valence-corrected chi connectivity index (χ2v) is 11.4. The number of aryl methyl sites for hydroxylation is 1. The van der Waals surface area contributed by atoms with E-state index in [2.05, 4.69) is 4.57 Å². The van der Waals surface area contributed by atoms with Gasteiger partial charge in [0, 0.05) is 12.1 Å². The van der Waals surface area contributed by atoms with Gasteiger partial charge in [-0.2, -0.15) is 13.2 Å². The number of para-hydroxylation sites is 2. The Bertz CT molecular complexity index is 1580. The van der Waals surface area contributed by atoms with Crippen LogP contribution in [0.4, 0.5) is 13.2 Å². The Morgan fingerprint density at radius 1 is 1.19 bits per heavy atom. The predicted molar refractivity (Wildman–Crippen MR) is 137 cm³/mol. The van der Waals surface area contributed by atoms with Gasteiger partial charge < -0.3 is 15.4 Å². The largest absolute Gasteiger partial charge is 0.490 e. The number of sulfone groups is 1. The summed E-state index contributed by atoms with van der Waals surface area (Å²) in [6, 6.07) is 16.2. The Hall–Kier alpha value is -3.36. The Balaban J connectivity index is 0.000000479. The number of rotatable bonds is 6. The third-order valence-corrected chi connectivity index (χ3v) is 9.36. The number of imidazole rings is 1. The summed E-state index contributed by atoms with van der Waals surface area (Å²) in [6.07, 6.45) is -3.27. The number of thiophene rings is 1. The predicted octanol–water partition coefficient (Wildman–Crippen LogP) is 5.26. The van der Waals surface area contributed by atoms with E-state index in [4.69, 9.17) is 26.0 Å². The Labute approximate surface area is 218 Å². The highest BCUT2D eigenvalue weighted by Crippen LogP contribution is 2.37. The number of nitrogens with one attached hydrogen (secondary N) is 1. The number of amidine groups is 1. The van der Waals surface area contributed by atoms with E-state index in [0.29, 0.717) is 9.09 Å². The molecule has 196 valence electrons. The first-order chi connectivity index (χ1) is 17.3. The van der Waals surface area contributed by atoms with Crippen molar-refractivity contribution < 1.29 is 31.5 Å². The number of halogens is 3. The van der Waals surface area contributed by atoms with Gasteiger partial charge >= 0.3 is 12.1 Å². The Morgan fingerprint density at radius 3 is 2.41 bits per heavy atom. The van der Waals surface area contributed by atoms with Crippen molar-refractivity contribution in [3.05, 3.63) is 59.5 Å². The lowest BCUT2D eigenvalue weighted by Crippen LogP contribution is -2.21. The first kappa shape index (κ1) is 28.2. The van der Waals surface area contributed by atoms with Crippen LogP contribution in [0, 0.1) is 5.41 Å². The molecule has 0 saturated carbocycles. The second-order valence-electron chi connectivity index (χ2n) is 7.38. The van der Waals surface area contributed by atoms with Crippen molar-refractivity contribution in [1.82, 2.24) is 9.55 Å². The van der Waals surface area contributed by atoms with Gasteiger partial charge in [0.1, 0.15) is 11.7 Å². The lowest BCUT2D eigenvalue weighted by atomic mass is 10.2. The number of hydrogen-bond acceptors (Lipinski definition) is 7. The van der Waals surface area contributed by atoms with E-state index in [0.717, 1.165) is 29.0 Å². The first-order valence-corrected chi connectivity index (χ1v) is 14.0. The highest BCUT2D eigenvalue weighted by atomic mass is 32.2. The van der Waals surface area contributed by atoms with Crippen LogP contribution < -0.4 is 5.73 Å². The average Bonchev–Trinajstić information content (AvgIpc) is 3.46. The van der Waals surface area contributed by atoms with Crippen LogP contribution in [0.3, 0.4) is 0 Å². The maximum Gasteiger partial charge on any atom is 0.490 e. The van der Waals surface area contributed by atoms with Gasteiger partial charge in [0.2, 0.25) is 9.84 Å². The molecule has 4 N–H and O–H groups in total. The summed E-state index contributed by atoms with van der Waals surface area (Å²) < 4.78 is 61.3. The average molecular weight is 571 g/mol. The van der Waals surface area contributed by atoms with E-state index in [-0.39, 0.29) is 15.6 Å². The molecule has 0 amide bonds. The van der Waals surface area contributed by atoms with Crippen molar-refractivity contribution in [2.75, 3.05) is 6.26 Å². The van der Waals surface area contributed by atoms with Crippen molar-refractivity contribution in [1.29, 1.82) is 5.41 Å². The molecule has 2 aromatic carbocycles. The van der Waals surface area contributed by atoms with Gasteiger partial charge in [-0.1, -0.05) is 24.3 Å². The summed E-state index contributed by atoms with van der Waals surface area (Å²) >= 11 is 2.55. The highest BCUT2D eigenvalue weighted by Gasteiger charge is 2.38. The fraction of sp³-hybridized carbons (Fsp3) is 0.174. The number of carboxylic acid groups (broad SMARTS) is 1. The van der Waals surface area contributed by atoms with E-state index < -0.39 is 22.0 Å². The zero-order valence-electron chi connectivity index (χ0n) is 19.4. The maximum absolute atomic E-state index is 13.4. The van der Waals surface area contributed by atoms with Gasteiger partial charge in [-0.15, -0.1) is 23.1 Å². The molecule has 14 heteroatoms. The summed E-state index contributed by atoms with van der Waals surface area (Å²) in [5.41, 5.74) is 8.20. The number of carboxylic acids is 1. The molecule has 0 spiro atoms. The standard InChI is InChI=1S/C21H20N4O2S3.C2HF3O2/c1-3-25-16-10-5-4-9-15(16)24-20(25)13-7-6-8-14(11-13)30(26,27)18-12-17(19(22)23)29-21(18)28-2;3-2(4,5)1(6)7/h4-12H,3H2,1-2H3,(H3,22,23);(H,6,7). The summed E-state index contributed by atoms with van der Waals surface area (Å²) in [5.74, 6) is -2.16. The molecule has 4 aromatic rings. The molecular weight excluding hydrogens is 549 g/mol. The van der Waals surface area contributed by atoms with Crippen LogP contribution in [0.1, 0.15) is 11.8 Å². The van der Waals surface area contributed by atoms with Gasteiger partial charge in [0.25, 0.3) is 0 Å². The molecule has 2 heterocycles. The van der Waals surface area contributed by atoms with E-state index >= 15 is 0 Å². The fourth-order valence-corrected chi connectivity index (χ4v) is 7.27.